The van der Waals surface area contributed by atoms with E-state index >= 15 is 0 Å². The molecule has 0 aromatic carbocycles. The van der Waals surface area contributed by atoms with Gasteiger partial charge in [0.1, 0.15) is 11.6 Å². The summed E-state index contributed by atoms with van der Waals surface area (Å²) in [5.74, 6) is 1.60. The molecule has 124 valence electrons. The van der Waals surface area contributed by atoms with E-state index < -0.39 is 11.7 Å². The summed E-state index contributed by atoms with van der Waals surface area (Å²) in [7, 11) is 0. The Labute approximate surface area is 135 Å². The van der Waals surface area contributed by atoms with Gasteiger partial charge < -0.3 is 4.90 Å². The minimum absolute atomic E-state index is 0.186. The van der Waals surface area contributed by atoms with Gasteiger partial charge in [0.05, 0.1) is 11.5 Å². The monoisotopic (exact) mass is 333 g/mol. The molecule has 0 amide bonds. The van der Waals surface area contributed by atoms with Crippen molar-refractivity contribution in [3.05, 3.63) is 53.6 Å². The number of aryl methyl sites for hydroxylation is 1. The molecule has 0 N–H and O–H groups in total. The fraction of sp³-hybridized carbons (Fsp3) is 0.312. The minimum atomic E-state index is -4.36. The quantitative estimate of drug-likeness (QED) is 0.723. The maximum atomic E-state index is 12.6. The first kappa shape index (κ1) is 14.9. The zero-order valence-electron chi connectivity index (χ0n) is 12.8. The summed E-state index contributed by atoms with van der Waals surface area (Å²) >= 11 is 0. The maximum absolute atomic E-state index is 12.6. The summed E-state index contributed by atoms with van der Waals surface area (Å²) < 4.78 is 39.7. The van der Waals surface area contributed by atoms with E-state index in [2.05, 4.69) is 15.2 Å². The second-order valence-electron chi connectivity index (χ2n) is 6.00. The Morgan fingerprint density at radius 3 is 2.54 bits per heavy atom. The lowest BCUT2D eigenvalue weighted by atomic mass is 9.99. The summed E-state index contributed by atoms with van der Waals surface area (Å²) in [5, 5.41) is 8.40. The third-order valence-electron chi connectivity index (χ3n) is 4.22. The molecule has 0 spiro atoms. The molecule has 0 atom stereocenters. The molecule has 0 bridgehead atoms. The van der Waals surface area contributed by atoms with Crippen molar-refractivity contribution in [2.75, 3.05) is 18.0 Å². The predicted octanol–water partition coefficient (Wildman–Crippen LogP) is 3.06. The van der Waals surface area contributed by atoms with Crippen LogP contribution < -0.4 is 4.90 Å². The van der Waals surface area contributed by atoms with Crippen molar-refractivity contribution >= 4 is 11.5 Å². The molecule has 3 aromatic heterocycles. The van der Waals surface area contributed by atoms with E-state index in [0.29, 0.717) is 18.9 Å². The van der Waals surface area contributed by atoms with Gasteiger partial charge >= 0.3 is 6.18 Å². The number of hydrogen-bond acceptors (Lipinski definition) is 4. The molecule has 0 saturated carbocycles. The smallest absolute Gasteiger partial charge is 0.355 e. The molecule has 4 heterocycles. The third-order valence-corrected chi connectivity index (χ3v) is 4.22. The van der Waals surface area contributed by atoms with Gasteiger partial charge in [0.15, 0.2) is 5.65 Å². The van der Waals surface area contributed by atoms with E-state index in [9.17, 15) is 13.2 Å². The number of alkyl halides is 3. The van der Waals surface area contributed by atoms with Crippen LogP contribution in [0.4, 0.5) is 19.0 Å². The van der Waals surface area contributed by atoms with Crippen LogP contribution in [0.3, 0.4) is 0 Å². The minimum Gasteiger partial charge on any atom is -0.355 e. The Bertz CT molecular complexity index is 879. The van der Waals surface area contributed by atoms with E-state index in [1.165, 1.54) is 6.07 Å². The van der Waals surface area contributed by atoms with E-state index in [0.717, 1.165) is 29.3 Å². The number of nitrogens with zero attached hydrogens (tertiary/aromatic N) is 5. The highest BCUT2D eigenvalue weighted by atomic mass is 19.4. The normalized spacial score (nSPS) is 15.8. The van der Waals surface area contributed by atoms with Gasteiger partial charge in [0, 0.05) is 25.5 Å². The van der Waals surface area contributed by atoms with Crippen molar-refractivity contribution in [2.45, 2.75) is 19.0 Å². The van der Waals surface area contributed by atoms with E-state index in [1.807, 2.05) is 34.6 Å². The van der Waals surface area contributed by atoms with Gasteiger partial charge in [0.2, 0.25) is 0 Å². The number of halogens is 3. The molecular weight excluding hydrogens is 319 g/mol. The molecule has 1 aliphatic rings. The van der Waals surface area contributed by atoms with Gasteiger partial charge in [-0.05, 0) is 30.7 Å². The van der Waals surface area contributed by atoms with Crippen molar-refractivity contribution in [1.29, 1.82) is 0 Å². The van der Waals surface area contributed by atoms with Crippen LogP contribution in [0.15, 0.2) is 36.7 Å². The maximum Gasteiger partial charge on any atom is 0.417 e. The lowest BCUT2D eigenvalue weighted by Crippen LogP contribution is -2.46. The van der Waals surface area contributed by atoms with Gasteiger partial charge in [0.25, 0.3) is 0 Å². The average molecular weight is 333 g/mol. The molecule has 0 unspecified atom stereocenters. The summed E-state index contributed by atoms with van der Waals surface area (Å²) in [6.45, 7) is 3.32. The van der Waals surface area contributed by atoms with Crippen LogP contribution in [0.2, 0.25) is 0 Å². The molecule has 3 aromatic rings. The first-order valence-electron chi connectivity index (χ1n) is 7.51. The highest BCUT2D eigenvalue weighted by molar-refractivity contribution is 5.46. The molecule has 0 aliphatic carbocycles. The molecule has 1 aliphatic heterocycles. The number of aromatic nitrogens is 4. The zero-order chi connectivity index (χ0) is 16.9. The largest absolute Gasteiger partial charge is 0.417 e. The fourth-order valence-corrected chi connectivity index (χ4v) is 2.86. The molecule has 0 radical (unpaired) electrons. The van der Waals surface area contributed by atoms with Crippen LogP contribution in [0, 0.1) is 6.92 Å². The van der Waals surface area contributed by atoms with Crippen LogP contribution >= 0.6 is 0 Å². The Hall–Kier alpha value is -2.64. The fourth-order valence-electron chi connectivity index (χ4n) is 2.86. The molecule has 5 nitrogen and oxygen atoms in total. The third kappa shape index (κ3) is 2.47. The van der Waals surface area contributed by atoms with Crippen molar-refractivity contribution in [2.24, 2.45) is 0 Å². The second kappa shape index (κ2) is 5.19. The summed E-state index contributed by atoms with van der Waals surface area (Å²) in [5.41, 5.74) is 1.17. The lowest BCUT2D eigenvalue weighted by Gasteiger charge is -2.39. The van der Waals surface area contributed by atoms with Crippen LogP contribution in [0.5, 0.6) is 0 Å². The number of anilines is 1. The number of hydrogen-bond donors (Lipinski definition) is 0. The van der Waals surface area contributed by atoms with Crippen molar-refractivity contribution in [3.8, 4) is 0 Å². The first-order valence-corrected chi connectivity index (χ1v) is 7.51. The Morgan fingerprint density at radius 2 is 1.88 bits per heavy atom. The Balaban J connectivity index is 1.50. The van der Waals surface area contributed by atoms with E-state index in [1.54, 1.807) is 0 Å². The van der Waals surface area contributed by atoms with Crippen molar-refractivity contribution < 1.29 is 13.2 Å². The first-order chi connectivity index (χ1) is 11.4. The number of fused-ring (bicyclic) bond motifs is 1. The van der Waals surface area contributed by atoms with Crippen LogP contribution in [0.25, 0.3) is 5.65 Å². The highest BCUT2D eigenvalue weighted by Gasteiger charge is 2.34. The van der Waals surface area contributed by atoms with Gasteiger partial charge in [-0.25, -0.2) is 4.98 Å². The number of rotatable bonds is 2. The van der Waals surface area contributed by atoms with Crippen LogP contribution in [0.1, 0.15) is 22.9 Å². The molecule has 24 heavy (non-hydrogen) atoms. The Kier molecular flexibility index (Phi) is 3.22. The molecule has 1 fully saturated rings. The second-order valence-corrected chi connectivity index (χ2v) is 6.00. The molecule has 4 rings (SSSR count). The molecule has 8 heteroatoms. The summed E-state index contributed by atoms with van der Waals surface area (Å²) in [6.07, 6.45) is -1.50. The van der Waals surface area contributed by atoms with Gasteiger partial charge in [-0.1, -0.05) is 6.07 Å². The standard InChI is InChI=1S/C16H14F3N5/c1-10-2-4-14-21-22-15(24(14)7-10)11-8-23(9-11)13-5-3-12(6-20-13)16(17,18)19/h2-7,11H,8-9H2,1H3. The van der Waals surface area contributed by atoms with E-state index in [4.69, 9.17) is 0 Å². The zero-order valence-corrected chi connectivity index (χ0v) is 12.8. The van der Waals surface area contributed by atoms with Gasteiger partial charge in [-0.3, -0.25) is 4.40 Å². The van der Waals surface area contributed by atoms with Crippen LogP contribution in [-0.2, 0) is 6.18 Å². The van der Waals surface area contributed by atoms with Crippen LogP contribution in [-0.4, -0.2) is 32.7 Å². The topological polar surface area (TPSA) is 46.3 Å². The highest BCUT2D eigenvalue weighted by Crippen LogP contribution is 2.32. The predicted molar refractivity (Wildman–Crippen MR) is 81.9 cm³/mol. The molecular formula is C16H14F3N5. The summed E-state index contributed by atoms with van der Waals surface area (Å²) in [4.78, 5) is 5.85. The van der Waals surface area contributed by atoms with Crippen molar-refractivity contribution in [3.63, 3.8) is 0 Å². The van der Waals surface area contributed by atoms with E-state index in [-0.39, 0.29) is 5.92 Å². The lowest BCUT2D eigenvalue weighted by molar-refractivity contribution is -0.137. The van der Waals surface area contributed by atoms with Crippen molar-refractivity contribution in [1.82, 2.24) is 19.6 Å². The summed E-state index contributed by atoms with van der Waals surface area (Å²) in [6, 6.07) is 6.36. The van der Waals surface area contributed by atoms with Gasteiger partial charge in [-0.2, -0.15) is 13.2 Å². The number of pyridine rings is 2. The SMILES string of the molecule is Cc1ccc2nnc(C3CN(c4ccc(C(F)(F)F)cn4)C3)n2c1. The van der Waals surface area contributed by atoms with Gasteiger partial charge in [-0.15, -0.1) is 10.2 Å². The average Bonchev–Trinajstić information content (AvgIpc) is 2.88. The Morgan fingerprint density at radius 1 is 1.08 bits per heavy atom. The molecule has 1 saturated heterocycles.